The fraction of sp³-hybridized carbons (Fsp3) is 0.700. The highest BCUT2D eigenvalue weighted by Gasteiger charge is 2.28. The molecule has 1 unspecified atom stereocenters. The van der Waals surface area contributed by atoms with Gasteiger partial charge in [0.05, 0.1) is 6.61 Å². The van der Waals surface area contributed by atoms with Crippen molar-refractivity contribution in [3.63, 3.8) is 0 Å². The van der Waals surface area contributed by atoms with Crippen LogP contribution in [0, 0.1) is 0 Å². The van der Waals surface area contributed by atoms with Crippen molar-refractivity contribution in [2.45, 2.75) is 58.2 Å². The second-order valence-corrected chi connectivity index (χ2v) is 19.7. The Morgan fingerprint density at radius 2 is 1.52 bits per heavy atom. The molecule has 0 saturated heterocycles. The van der Waals surface area contributed by atoms with Gasteiger partial charge in [0.2, 0.25) is 0 Å². The lowest BCUT2D eigenvalue weighted by atomic mass is 10.3. The number of benzene rings is 1. The summed E-state index contributed by atoms with van der Waals surface area (Å²) in [6, 6.07) is 8.75. The van der Waals surface area contributed by atoms with Crippen LogP contribution in [0.25, 0.3) is 0 Å². The SMILES string of the molecule is CCOC(OCCOc1cccc(OCOCC[Si](C)(C)C)c1)[Si](C)(C)C. The van der Waals surface area contributed by atoms with E-state index in [0.717, 1.165) is 24.2 Å². The van der Waals surface area contributed by atoms with E-state index in [4.69, 9.17) is 23.7 Å². The molecule has 27 heavy (non-hydrogen) atoms. The molecule has 156 valence electrons. The number of ether oxygens (including phenoxy) is 5. The predicted octanol–water partition coefficient (Wildman–Crippen LogP) is 5.01. The van der Waals surface area contributed by atoms with Gasteiger partial charge < -0.3 is 23.7 Å². The summed E-state index contributed by atoms with van der Waals surface area (Å²) in [7, 11) is -2.57. The fourth-order valence-corrected chi connectivity index (χ4v) is 4.26. The van der Waals surface area contributed by atoms with Crippen LogP contribution in [0.15, 0.2) is 24.3 Å². The first-order chi connectivity index (χ1) is 12.6. The largest absolute Gasteiger partial charge is 0.491 e. The van der Waals surface area contributed by atoms with Crippen LogP contribution in [0.3, 0.4) is 0 Å². The zero-order valence-corrected chi connectivity index (χ0v) is 20.2. The summed E-state index contributed by atoms with van der Waals surface area (Å²) in [6.07, 6.45) is 0. The summed E-state index contributed by atoms with van der Waals surface area (Å²) in [5, 5.41) is 0. The molecule has 0 heterocycles. The maximum absolute atomic E-state index is 5.88. The first-order valence-corrected chi connectivity index (χ1v) is 17.1. The molecule has 0 bridgehead atoms. The molecule has 1 atom stereocenters. The standard InChI is InChI=1S/C20H38O5Si2/c1-8-22-20(27(5,6)7)24-13-12-23-18-10-9-11-19(16-18)25-17-21-14-15-26(2,3)4/h9-11,16,20H,8,12-15,17H2,1-7H3. The van der Waals surface area contributed by atoms with Crippen molar-refractivity contribution >= 4 is 16.1 Å². The normalized spacial score (nSPS) is 13.4. The molecule has 0 amide bonds. The Bertz CT molecular complexity index is 526. The van der Waals surface area contributed by atoms with E-state index in [1.54, 1.807) is 0 Å². The van der Waals surface area contributed by atoms with E-state index in [-0.39, 0.29) is 12.7 Å². The van der Waals surface area contributed by atoms with Gasteiger partial charge in [-0.05, 0) is 25.1 Å². The minimum atomic E-state index is -1.51. The smallest absolute Gasteiger partial charge is 0.189 e. The van der Waals surface area contributed by atoms with Gasteiger partial charge in [-0.2, -0.15) is 0 Å². The molecule has 0 radical (unpaired) electrons. The molecular weight excluding hydrogens is 376 g/mol. The first kappa shape index (κ1) is 24.2. The van der Waals surface area contributed by atoms with Crippen LogP contribution in [0.5, 0.6) is 11.5 Å². The van der Waals surface area contributed by atoms with Crippen molar-refractivity contribution in [2.75, 3.05) is 33.2 Å². The van der Waals surface area contributed by atoms with Crippen LogP contribution < -0.4 is 9.47 Å². The van der Waals surface area contributed by atoms with Crippen molar-refractivity contribution in [3.05, 3.63) is 24.3 Å². The summed E-state index contributed by atoms with van der Waals surface area (Å²) in [4.78, 5) is 0. The number of hydrogen-bond donors (Lipinski definition) is 0. The Morgan fingerprint density at radius 3 is 2.11 bits per heavy atom. The van der Waals surface area contributed by atoms with Gasteiger partial charge in [-0.25, -0.2) is 0 Å². The van der Waals surface area contributed by atoms with Gasteiger partial charge in [0.25, 0.3) is 0 Å². The third kappa shape index (κ3) is 11.5. The fourth-order valence-electron chi connectivity index (χ4n) is 2.21. The van der Waals surface area contributed by atoms with Crippen LogP contribution in [0.2, 0.25) is 45.3 Å². The van der Waals surface area contributed by atoms with Crippen LogP contribution in [0.4, 0.5) is 0 Å². The molecule has 0 aliphatic heterocycles. The molecule has 7 heteroatoms. The topological polar surface area (TPSA) is 46.2 Å². The molecule has 0 spiro atoms. The lowest BCUT2D eigenvalue weighted by Crippen LogP contribution is -2.43. The van der Waals surface area contributed by atoms with Crippen LogP contribution in [-0.4, -0.2) is 55.3 Å². The Kier molecular flexibility index (Phi) is 10.6. The molecule has 0 aliphatic carbocycles. The van der Waals surface area contributed by atoms with Gasteiger partial charge in [-0.3, -0.25) is 0 Å². The molecule has 0 fully saturated rings. The van der Waals surface area contributed by atoms with E-state index in [2.05, 4.69) is 39.3 Å². The quantitative estimate of drug-likeness (QED) is 0.243. The van der Waals surface area contributed by atoms with Gasteiger partial charge in [-0.15, -0.1) is 0 Å². The molecule has 0 aliphatic rings. The van der Waals surface area contributed by atoms with Crippen molar-refractivity contribution in [3.8, 4) is 11.5 Å². The van der Waals surface area contributed by atoms with Gasteiger partial charge in [0.1, 0.15) is 32.1 Å². The van der Waals surface area contributed by atoms with Crippen LogP contribution in [-0.2, 0) is 14.2 Å². The predicted molar refractivity (Wildman–Crippen MR) is 116 cm³/mol. The highest BCUT2D eigenvalue weighted by molar-refractivity contribution is 6.77. The lowest BCUT2D eigenvalue weighted by Gasteiger charge is -2.28. The van der Waals surface area contributed by atoms with Crippen molar-refractivity contribution in [1.82, 2.24) is 0 Å². The summed E-state index contributed by atoms with van der Waals surface area (Å²) in [6.45, 7) is 18.4. The molecule has 0 saturated carbocycles. The summed E-state index contributed by atoms with van der Waals surface area (Å²) < 4.78 is 28.6. The van der Waals surface area contributed by atoms with E-state index in [9.17, 15) is 0 Å². The maximum atomic E-state index is 5.88. The van der Waals surface area contributed by atoms with Gasteiger partial charge >= 0.3 is 0 Å². The lowest BCUT2D eigenvalue weighted by molar-refractivity contribution is -0.0971. The van der Waals surface area contributed by atoms with E-state index < -0.39 is 16.1 Å². The van der Waals surface area contributed by atoms with Crippen LogP contribution in [0.1, 0.15) is 6.92 Å². The Balaban J connectivity index is 2.31. The third-order valence-electron chi connectivity index (χ3n) is 3.76. The van der Waals surface area contributed by atoms with E-state index >= 15 is 0 Å². The maximum Gasteiger partial charge on any atom is 0.189 e. The van der Waals surface area contributed by atoms with Crippen molar-refractivity contribution in [1.29, 1.82) is 0 Å². The highest BCUT2D eigenvalue weighted by Crippen LogP contribution is 2.20. The average Bonchev–Trinajstić information content (AvgIpc) is 2.56. The molecule has 1 aromatic carbocycles. The Hall–Kier alpha value is -0.866. The Labute approximate surface area is 167 Å². The van der Waals surface area contributed by atoms with Crippen molar-refractivity contribution < 1.29 is 23.7 Å². The van der Waals surface area contributed by atoms with Gasteiger partial charge in [0, 0.05) is 27.4 Å². The van der Waals surface area contributed by atoms with Gasteiger partial charge in [-0.1, -0.05) is 45.3 Å². The minimum absolute atomic E-state index is 0.103. The Morgan fingerprint density at radius 1 is 0.852 bits per heavy atom. The summed E-state index contributed by atoms with van der Waals surface area (Å²) in [5.41, 5.74) is 0. The molecule has 0 N–H and O–H groups in total. The first-order valence-electron chi connectivity index (χ1n) is 9.78. The monoisotopic (exact) mass is 414 g/mol. The number of hydrogen-bond acceptors (Lipinski definition) is 5. The molecular formula is C20H38O5Si2. The second kappa shape index (κ2) is 11.9. The molecule has 1 aromatic rings. The molecule has 5 nitrogen and oxygen atoms in total. The van der Waals surface area contributed by atoms with E-state index in [0.29, 0.717) is 19.8 Å². The molecule has 1 rings (SSSR count). The zero-order chi connectivity index (χ0) is 20.3. The molecule has 0 aromatic heterocycles. The summed E-state index contributed by atoms with van der Waals surface area (Å²) >= 11 is 0. The average molecular weight is 415 g/mol. The zero-order valence-electron chi connectivity index (χ0n) is 18.2. The van der Waals surface area contributed by atoms with E-state index in [1.807, 2.05) is 31.2 Å². The highest BCUT2D eigenvalue weighted by atomic mass is 28.3. The number of rotatable bonds is 14. The van der Waals surface area contributed by atoms with E-state index in [1.165, 1.54) is 0 Å². The minimum Gasteiger partial charge on any atom is -0.491 e. The van der Waals surface area contributed by atoms with Crippen molar-refractivity contribution in [2.24, 2.45) is 0 Å². The third-order valence-corrected chi connectivity index (χ3v) is 7.21. The van der Waals surface area contributed by atoms with Crippen LogP contribution >= 0.6 is 0 Å². The van der Waals surface area contributed by atoms with Gasteiger partial charge in [0.15, 0.2) is 6.79 Å². The second-order valence-electron chi connectivity index (χ2n) is 8.83. The summed E-state index contributed by atoms with van der Waals surface area (Å²) in [5.74, 6) is 1.41.